The Balaban J connectivity index is 1.74. The third kappa shape index (κ3) is 4.72. The predicted octanol–water partition coefficient (Wildman–Crippen LogP) is 4.62. The summed E-state index contributed by atoms with van der Waals surface area (Å²) in [5.74, 6) is 0.554. The van der Waals surface area contributed by atoms with Gasteiger partial charge in [0.2, 0.25) is 0 Å². The van der Waals surface area contributed by atoms with Gasteiger partial charge in [-0.3, -0.25) is 9.78 Å². The average molecular weight is 398 g/mol. The lowest BCUT2D eigenvalue weighted by atomic mass is 10.2. The van der Waals surface area contributed by atoms with E-state index in [0.29, 0.717) is 34.3 Å². The first-order valence-electron chi connectivity index (χ1n) is 8.56. The monoisotopic (exact) mass is 397 g/mol. The van der Waals surface area contributed by atoms with E-state index >= 15 is 0 Å². The summed E-state index contributed by atoms with van der Waals surface area (Å²) in [4.78, 5) is 16.8. The van der Waals surface area contributed by atoms with Crippen molar-refractivity contribution < 1.29 is 14.3 Å². The van der Waals surface area contributed by atoms with Crippen molar-refractivity contribution in [1.29, 1.82) is 0 Å². The number of pyridine rings is 1. The van der Waals surface area contributed by atoms with E-state index in [1.54, 1.807) is 24.4 Å². The molecule has 0 aliphatic heterocycles. The quantitative estimate of drug-likeness (QED) is 0.608. The van der Waals surface area contributed by atoms with Crippen LogP contribution in [-0.2, 0) is 6.54 Å². The van der Waals surface area contributed by atoms with E-state index in [9.17, 15) is 4.79 Å². The van der Waals surface area contributed by atoms with Gasteiger partial charge in [0.25, 0.3) is 5.91 Å². The summed E-state index contributed by atoms with van der Waals surface area (Å²) in [5.41, 5.74) is 2.75. The lowest BCUT2D eigenvalue weighted by Crippen LogP contribution is -2.13. The molecule has 0 radical (unpaired) electrons. The van der Waals surface area contributed by atoms with Crippen LogP contribution in [0.2, 0.25) is 5.02 Å². The van der Waals surface area contributed by atoms with Gasteiger partial charge in [0.1, 0.15) is 11.5 Å². The van der Waals surface area contributed by atoms with Crippen molar-refractivity contribution in [1.82, 2.24) is 4.98 Å². The number of carbonyl (C=O) groups excluding carboxylic acids is 1. The second-order valence-corrected chi connectivity index (χ2v) is 6.35. The zero-order valence-electron chi connectivity index (χ0n) is 15.5. The average Bonchev–Trinajstić information content (AvgIpc) is 2.74. The summed E-state index contributed by atoms with van der Waals surface area (Å²) in [7, 11) is 3.01. The number of aromatic nitrogens is 1. The van der Waals surface area contributed by atoms with Crippen molar-refractivity contribution in [2.75, 3.05) is 24.9 Å². The number of anilines is 2. The minimum absolute atomic E-state index is 0.321. The van der Waals surface area contributed by atoms with E-state index in [1.807, 2.05) is 30.3 Å². The van der Waals surface area contributed by atoms with Crippen LogP contribution in [-0.4, -0.2) is 25.1 Å². The Labute approximate surface area is 168 Å². The molecule has 3 rings (SSSR count). The van der Waals surface area contributed by atoms with E-state index < -0.39 is 0 Å². The first kappa shape index (κ1) is 19.5. The molecule has 6 nitrogen and oxygen atoms in total. The van der Waals surface area contributed by atoms with Crippen molar-refractivity contribution >= 4 is 28.9 Å². The molecule has 0 aliphatic rings. The Morgan fingerprint density at radius 3 is 2.50 bits per heavy atom. The number of benzene rings is 2. The summed E-state index contributed by atoms with van der Waals surface area (Å²) in [6.45, 7) is 0.635. The number of nitrogens with zero attached hydrogens (tertiary/aromatic N) is 1. The fourth-order valence-corrected chi connectivity index (χ4v) is 2.84. The minimum Gasteiger partial charge on any atom is -0.495 e. The van der Waals surface area contributed by atoms with Gasteiger partial charge in [0.05, 0.1) is 36.2 Å². The van der Waals surface area contributed by atoms with Crippen LogP contribution in [0.3, 0.4) is 0 Å². The summed E-state index contributed by atoms with van der Waals surface area (Å²) in [5, 5.41) is 6.47. The lowest BCUT2D eigenvalue weighted by molar-refractivity contribution is 0.102. The van der Waals surface area contributed by atoms with Crippen LogP contribution in [0.15, 0.2) is 60.9 Å². The zero-order chi connectivity index (χ0) is 19.9. The minimum atomic E-state index is -0.321. The molecule has 0 saturated heterocycles. The lowest BCUT2D eigenvalue weighted by Gasteiger charge is -2.13. The highest BCUT2D eigenvalue weighted by molar-refractivity contribution is 6.32. The van der Waals surface area contributed by atoms with Crippen molar-refractivity contribution in [2.45, 2.75) is 6.54 Å². The van der Waals surface area contributed by atoms with Gasteiger partial charge in [-0.15, -0.1) is 0 Å². The second kappa shape index (κ2) is 9.10. The van der Waals surface area contributed by atoms with Crippen LogP contribution in [0, 0.1) is 0 Å². The van der Waals surface area contributed by atoms with Crippen LogP contribution in [0.4, 0.5) is 11.4 Å². The number of amides is 1. The van der Waals surface area contributed by atoms with Gasteiger partial charge >= 0.3 is 0 Å². The first-order chi connectivity index (χ1) is 13.6. The Bertz CT molecular complexity index is 964. The molecule has 28 heavy (non-hydrogen) atoms. The fourth-order valence-electron chi connectivity index (χ4n) is 2.61. The normalized spacial score (nSPS) is 10.2. The van der Waals surface area contributed by atoms with Crippen LogP contribution >= 0.6 is 11.6 Å². The number of ether oxygens (including phenoxy) is 2. The molecule has 0 atom stereocenters. The van der Waals surface area contributed by atoms with Crippen molar-refractivity contribution in [2.24, 2.45) is 0 Å². The predicted molar refractivity (Wildman–Crippen MR) is 111 cm³/mol. The second-order valence-electron chi connectivity index (χ2n) is 5.94. The zero-order valence-corrected chi connectivity index (χ0v) is 16.3. The standard InChI is InChI=1S/C21H20ClN3O3/c1-27-19-10-18(20(28-2)9-17(19)22)25-21(26)15-8-16(13-23-12-15)24-11-14-6-4-3-5-7-14/h3-10,12-13,24H,11H2,1-2H3,(H,25,26). The maximum atomic E-state index is 12.7. The molecule has 0 fully saturated rings. The number of hydrogen-bond donors (Lipinski definition) is 2. The van der Waals surface area contributed by atoms with Crippen LogP contribution < -0.4 is 20.1 Å². The third-order valence-electron chi connectivity index (χ3n) is 4.06. The highest BCUT2D eigenvalue weighted by Gasteiger charge is 2.14. The maximum absolute atomic E-state index is 12.7. The van der Waals surface area contributed by atoms with Crippen LogP contribution in [0.5, 0.6) is 11.5 Å². The summed E-state index contributed by atoms with van der Waals surface area (Å²) >= 11 is 6.10. The number of rotatable bonds is 7. The number of methoxy groups -OCH3 is 2. The van der Waals surface area contributed by atoms with Gasteiger partial charge in [-0.2, -0.15) is 0 Å². The summed E-state index contributed by atoms with van der Waals surface area (Å²) in [6.07, 6.45) is 3.17. The van der Waals surface area contributed by atoms with Crippen LogP contribution in [0.1, 0.15) is 15.9 Å². The molecule has 1 amide bonds. The molecular weight excluding hydrogens is 378 g/mol. The van der Waals surface area contributed by atoms with Gasteiger partial charge in [-0.05, 0) is 11.6 Å². The van der Waals surface area contributed by atoms with Crippen LogP contribution in [0.25, 0.3) is 0 Å². The van der Waals surface area contributed by atoms with Gasteiger partial charge in [0, 0.05) is 31.1 Å². The number of halogens is 1. The molecule has 2 aromatic carbocycles. The molecule has 0 spiro atoms. The third-order valence-corrected chi connectivity index (χ3v) is 4.36. The number of carbonyl (C=O) groups is 1. The first-order valence-corrected chi connectivity index (χ1v) is 8.94. The fraction of sp³-hybridized carbons (Fsp3) is 0.143. The summed E-state index contributed by atoms with van der Waals surface area (Å²) in [6, 6.07) is 14.9. The Kier molecular flexibility index (Phi) is 6.34. The highest BCUT2D eigenvalue weighted by Crippen LogP contribution is 2.36. The Hall–Kier alpha value is -3.25. The maximum Gasteiger partial charge on any atom is 0.257 e. The number of nitrogens with one attached hydrogen (secondary N) is 2. The van der Waals surface area contributed by atoms with Crippen molar-refractivity contribution in [3.63, 3.8) is 0 Å². The van der Waals surface area contributed by atoms with Gasteiger partial charge in [-0.1, -0.05) is 41.9 Å². The molecule has 0 unspecified atom stereocenters. The van der Waals surface area contributed by atoms with E-state index in [4.69, 9.17) is 21.1 Å². The molecule has 0 aliphatic carbocycles. The van der Waals surface area contributed by atoms with E-state index in [-0.39, 0.29) is 5.91 Å². The SMILES string of the molecule is COc1cc(NC(=O)c2cncc(NCc3ccccc3)c2)c(OC)cc1Cl. The Morgan fingerprint density at radius 2 is 1.79 bits per heavy atom. The largest absolute Gasteiger partial charge is 0.495 e. The highest BCUT2D eigenvalue weighted by atomic mass is 35.5. The molecule has 7 heteroatoms. The van der Waals surface area contributed by atoms with Gasteiger partial charge in [-0.25, -0.2) is 0 Å². The molecule has 1 aromatic heterocycles. The smallest absolute Gasteiger partial charge is 0.257 e. The molecule has 1 heterocycles. The van der Waals surface area contributed by atoms with Crippen molar-refractivity contribution in [3.05, 3.63) is 77.1 Å². The molecule has 0 saturated carbocycles. The molecule has 0 bridgehead atoms. The number of hydrogen-bond acceptors (Lipinski definition) is 5. The van der Waals surface area contributed by atoms with Gasteiger partial charge in [0.15, 0.2) is 0 Å². The Morgan fingerprint density at radius 1 is 1.04 bits per heavy atom. The molecule has 2 N–H and O–H groups in total. The van der Waals surface area contributed by atoms with E-state index in [1.165, 1.54) is 20.4 Å². The molecule has 144 valence electrons. The topological polar surface area (TPSA) is 72.5 Å². The molecule has 3 aromatic rings. The van der Waals surface area contributed by atoms with E-state index in [2.05, 4.69) is 15.6 Å². The van der Waals surface area contributed by atoms with E-state index in [0.717, 1.165) is 11.3 Å². The summed E-state index contributed by atoms with van der Waals surface area (Å²) < 4.78 is 10.5. The van der Waals surface area contributed by atoms with Gasteiger partial charge < -0.3 is 20.1 Å². The van der Waals surface area contributed by atoms with Crippen molar-refractivity contribution in [3.8, 4) is 11.5 Å². The molecular formula is C21H20ClN3O3.